The Hall–Kier alpha value is -3.45. The zero-order valence-electron chi connectivity index (χ0n) is 17.2. The predicted molar refractivity (Wildman–Crippen MR) is 123 cm³/mol. The van der Waals surface area contributed by atoms with Gasteiger partial charge in [0.2, 0.25) is 0 Å². The summed E-state index contributed by atoms with van der Waals surface area (Å²) < 4.78 is 6.90. The van der Waals surface area contributed by atoms with E-state index in [-0.39, 0.29) is 17.1 Å². The molecule has 2 aromatic carbocycles. The van der Waals surface area contributed by atoms with E-state index in [9.17, 15) is 9.59 Å². The zero-order valence-corrected chi connectivity index (χ0v) is 18.1. The second-order valence-electron chi connectivity index (χ2n) is 6.91. The van der Waals surface area contributed by atoms with Crippen molar-refractivity contribution < 1.29 is 9.53 Å². The first kappa shape index (κ1) is 20.8. The summed E-state index contributed by atoms with van der Waals surface area (Å²) in [5.41, 5.74) is 1.94. The molecule has 0 radical (unpaired) electrons. The molecule has 7 heteroatoms. The summed E-state index contributed by atoms with van der Waals surface area (Å²) in [4.78, 5) is 35.0. The minimum Gasteiger partial charge on any atom is -0.494 e. The molecule has 0 bridgehead atoms. The molecule has 6 nitrogen and oxygen atoms in total. The molecular formula is C24H21N3O3S. The monoisotopic (exact) mass is 431 g/mol. The van der Waals surface area contributed by atoms with Crippen LogP contribution in [0.25, 0.3) is 16.7 Å². The third kappa shape index (κ3) is 4.51. The van der Waals surface area contributed by atoms with Crippen molar-refractivity contribution in [1.82, 2.24) is 14.5 Å². The van der Waals surface area contributed by atoms with E-state index in [1.165, 1.54) is 16.3 Å². The summed E-state index contributed by atoms with van der Waals surface area (Å²) >= 11 is 1.23. The zero-order chi connectivity index (χ0) is 21.8. The molecule has 0 saturated carbocycles. The highest BCUT2D eigenvalue weighted by Crippen LogP contribution is 2.22. The largest absolute Gasteiger partial charge is 0.494 e. The number of ketones is 1. The number of hydrogen-bond donors (Lipinski definition) is 0. The third-order valence-electron chi connectivity index (χ3n) is 4.69. The normalized spacial score (nSPS) is 10.9. The number of thioether (sulfide) groups is 1. The molecule has 0 unspecified atom stereocenters. The predicted octanol–water partition coefficient (Wildman–Crippen LogP) is 4.46. The van der Waals surface area contributed by atoms with Gasteiger partial charge in [0.25, 0.3) is 5.56 Å². The van der Waals surface area contributed by atoms with Crippen molar-refractivity contribution in [3.05, 3.63) is 88.3 Å². The molecule has 0 amide bonds. The first-order chi connectivity index (χ1) is 15.1. The van der Waals surface area contributed by atoms with E-state index in [1.54, 1.807) is 42.6 Å². The second-order valence-corrected chi connectivity index (χ2v) is 7.86. The topological polar surface area (TPSA) is 74.1 Å². The minimum absolute atomic E-state index is 0.0563. The summed E-state index contributed by atoms with van der Waals surface area (Å²) in [6, 6.07) is 17.9. The van der Waals surface area contributed by atoms with Crippen LogP contribution in [-0.4, -0.2) is 32.7 Å². The number of benzene rings is 2. The lowest BCUT2D eigenvalue weighted by Gasteiger charge is -2.12. The number of rotatable bonds is 7. The van der Waals surface area contributed by atoms with Gasteiger partial charge in [0.1, 0.15) is 11.6 Å². The van der Waals surface area contributed by atoms with Crippen LogP contribution in [0.4, 0.5) is 0 Å². The number of aryl methyl sites for hydroxylation is 1. The van der Waals surface area contributed by atoms with Crippen LogP contribution in [0.3, 0.4) is 0 Å². The summed E-state index contributed by atoms with van der Waals surface area (Å²) in [6.07, 6.45) is 1.66. The number of nitrogens with zero attached hydrogens (tertiary/aromatic N) is 3. The first-order valence-electron chi connectivity index (χ1n) is 9.90. The van der Waals surface area contributed by atoms with Crippen LogP contribution in [0, 0.1) is 6.92 Å². The Labute approximate surface area is 183 Å². The van der Waals surface area contributed by atoms with Crippen LogP contribution in [-0.2, 0) is 0 Å². The molecular weight excluding hydrogens is 410 g/mol. The van der Waals surface area contributed by atoms with Gasteiger partial charge in [-0.25, -0.2) is 14.5 Å². The van der Waals surface area contributed by atoms with Crippen molar-refractivity contribution in [2.75, 3.05) is 12.4 Å². The van der Waals surface area contributed by atoms with Crippen molar-refractivity contribution in [3.8, 4) is 11.6 Å². The van der Waals surface area contributed by atoms with Gasteiger partial charge in [0.05, 0.1) is 23.3 Å². The van der Waals surface area contributed by atoms with Gasteiger partial charge in [-0.3, -0.25) is 9.59 Å². The maximum absolute atomic E-state index is 13.2. The van der Waals surface area contributed by atoms with E-state index < -0.39 is 0 Å². The Morgan fingerprint density at radius 1 is 1.10 bits per heavy atom. The lowest BCUT2D eigenvalue weighted by atomic mass is 10.1. The van der Waals surface area contributed by atoms with Crippen molar-refractivity contribution in [1.29, 1.82) is 0 Å². The molecule has 0 aliphatic heterocycles. The molecule has 0 spiro atoms. The average Bonchev–Trinajstić information content (AvgIpc) is 2.78. The van der Waals surface area contributed by atoms with Gasteiger partial charge >= 0.3 is 0 Å². The van der Waals surface area contributed by atoms with Crippen LogP contribution in [0.2, 0.25) is 0 Å². The Balaban J connectivity index is 1.68. The standard InChI is InChI=1S/C24H21N3O3S/c1-3-30-18-10-8-17(9-11-18)21(28)15-31-24-26-20-7-5-4-6-19(20)23(29)27(24)22-14-16(2)12-13-25-22/h4-14H,3,15H2,1-2H3. The minimum atomic E-state index is -0.209. The van der Waals surface area contributed by atoms with Crippen molar-refractivity contribution >= 4 is 28.4 Å². The number of hydrogen-bond acceptors (Lipinski definition) is 6. The number of para-hydroxylation sites is 1. The summed E-state index contributed by atoms with van der Waals surface area (Å²) in [6.45, 7) is 4.42. The molecule has 0 atom stereocenters. The van der Waals surface area contributed by atoms with Crippen LogP contribution in [0.15, 0.2) is 76.8 Å². The summed E-state index contributed by atoms with van der Waals surface area (Å²) in [5.74, 6) is 1.30. The summed E-state index contributed by atoms with van der Waals surface area (Å²) in [5, 5.41) is 0.939. The Kier molecular flexibility index (Phi) is 6.13. The fraction of sp³-hybridized carbons (Fsp3) is 0.167. The highest BCUT2D eigenvalue weighted by molar-refractivity contribution is 7.99. The van der Waals surface area contributed by atoms with Crippen molar-refractivity contribution in [3.63, 3.8) is 0 Å². The number of aromatic nitrogens is 3. The number of ether oxygens (including phenoxy) is 1. The van der Waals surface area contributed by atoms with Gasteiger partial charge in [0.15, 0.2) is 10.9 Å². The van der Waals surface area contributed by atoms with Crippen LogP contribution < -0.4 is 10.3 Å². The number of carbonyl (C=O) groups excluding carboxylic acids is 1. The SMILES string of the molecule is CCOc1ccc(C(=O)CSc2nc3ccccc3c(=O)n2-c2cc(C)ccn2)cc1. The van der Waals surface area contributed by atoms with Crippen molar-refractivity contribution in [2.24, 2.45) is 0 Å². The number of Topliss-reactive ketones (excluding diaryl/α,β-unsaturated/α-hetero) is 1. The Morgan fingerprint density at radius 2 is 1.87 bits per heavy atom. The van der Waals surface area contributed by atoms with Gasteiger partial charge < -0.3 is 4.74 Å². The highest BCUT2D eigenvalue weighted by atomic mass is 32.2. The van der Waals surface area contributed by atoms with E-state index in [1.807, 2.05) is 38.1 Å². The van der Waals surface area contributed by atoms with Crippen LogP contribution in [0.1, 0.15) is 22.8 Å². The number of fused-ring (bicyclic) bond motifs is 1. The van der Waals surface area contributed by atoms with E-state index >= 15 is 0 Å². The van der Waals surface area contributed by atoms with E-state index in [0.717, 1.165) is 11.3 Å². The van der Waals surface area contributed by atoms with Gasteiger partial charge in [-0.15, -0.1) is 0 Å². The van der Waals surface area contributed by atoms with Gasteiger partial charge in [-0.1, -0.05) is 23.9 Å². The fourth-order valence-electron chi connectivity index (χ4n) is 3.17. The summed E-state index contributed by atoms with van der Waals surface area (Å²) in [7, 11) is 0. The molecule has 2 aromatic heterocycles. The fourth-order valence-corrected chi connectivity index (χ4v) is 4.07. The lowest BCUT2D eigenvalue weighted by molar-refractivity contribution is 0.102. The maximum Gasteiger partial charge on any atom is 0.267 e. The van der Waals surface area contributed by atoms with Gasteiger partial charge in [-0.05, 0) is 67.9 Å². The molecule has 0 aliphatic rings. The van der Waals surface area contributed by atoms with Crippen LogP contribution >= 0.6 is 11.8 Å². The molecule has 4 aromatic rings. The quantitative estimate of drug-likeness (QED) is 0.244. The smallest absolute Gasteiger partial charge is 0.267 e. The molecule has 156 valence electrons. The molecule has 2 heterocycles. The Morgan fingerprint density at radius 3 is 2.61 bits per heavy atom. The molecule has 0 N–H and O–H groups in total. The lowest BCUT2D eigenvalue weighted by Crippen LogP contribution is -2.23. The molecule has 0 saturated heterocycles. The molecule has 0 aliphatic carbocycles. The van der Waals surface area contributed by atoms with Gasteiger partial charge in [0, 0.05) is 11.8 Å². The van der Waals surface area contributed by atoms with E-state index in [0.29, 0.717) is 34.0 Å². The second kappa shape index (κ2) is 9.14. The number of carbonyl (C=O) groups is 1. The first-order valence-corrected chi connectivity index (χ1v) is 10.9. The molecule has 0 fully saturated rings. The van der Waals surface area contributed by atoms with Crippen molar-refractivity contribution in [2.45, 2.75) is 19.0 Å². The maximum atomic E-state index is 13.2. The highest BCUT2D eigenvalue weighted by Gasteiger charge is 2.16. The van der Waals surface area contributed by atoms with E-state index in [4.69, 9.17) is 4.74 Å². The molecule has 31 heavy (non-hydrogen) atoms. The molecule has 4 rings (SSSR count). The Bertz CT molecular complexity index is 1300. The van der Waals surface area contributed by atoms with E-state index in [2.05, 4.69) is 9.97 Å². The van der Waals surface area contributed by atoms with Crippen LogP contribution in [0.5, 0.6) is 5.75 Å². The average molecular weight is 432 g/mol. The number of pyridine rings is 1. The van der Waals surface area contributed by atoms with Gasteiger partial charge in [-0.2, -0.15) is 0 Å². The third-order valence-corrected chi connectivity index (χ3v) is 5.63.